The van der Waals surface area contributed by atoms with Gasteiger partial charge in [-0.3, -0.25) is 4.79 Å². The molecule has 17 heavy (non-hydrogen) atoms. The quantitative estimate of drug-likeness (QED) is 0.761. The molecule has 3 heteroatoms. The first-order valence-corrected chi connectivity index (χ1v) is 5.94. The lowest BCUT2D eigenvalue weighted by molar-refractivity contribution is 0.103. The molecule has 2 rings (SSSR count). The van der Waals surface area contributed by atoms with Gasteiger partial charge in [-0.15, -0.1) is 0 Å². The van der Waals surface area contributed by atoms with Gasteiger partial charge in [0.15, 0.2) is 5.78 Å². The van der Waals surface area contributed by atoms with E-state index in [1.165, 1.54) is 12.1 Å². The number of rotatable bonds is 2. The van der Waals surface area contributed by atoms with Crippen LogP contribution in [-0.2, 0) is 0 Å². The molecule has 1 nitrogen and oxygen atoms in total. The van der Waals surface area contributed by atoms with E-state index in [1.54, 1.807) is 18.2 Å². The number of carbonyl (C=O) groups excluding carboxylic acids is 1. The molecule has 0 bridgehead atoms. The molecular weight excluding hydrogens is 283 g/mol. The fraction of sp³-hybridized carbons (Fsp3) is 0.0714. The van der Waals surface area contributed by atoms with Crippen molar-refractivity contribution in [3.63, 3.8) is 0 Å². The molecule has 0 spiro atoms. The molecule has 0 saturated carbocycles. The van der Waals surface area contributed by atoms with Crippen molar-refractivity contribution in [2.75, 3.05) is 0 Å². The summed E-state index contributed by atoms with van der Waals surface area (Å²) in [6.07, 6.45) is 0. The number of aryl methyl sites for hydroxylation is 1. The zero-order valence-corrected chi connectivity index (χ0v) is 10.8. The minimum absolute atomic E-state index is 0.0995. The normalized spacial score (nSPS) is 10.3. The molecule has 2 aromatic carbocycles. The molecule has 0 aromatic heterocycles. The standard InChI is InChI=1S/C14H10BrFO/c1-9-4-2-3-5-11(9)14(17)12-7-6-10(15)8-13(12)16/h2-8H,1H3. The van der Waals surface area contributed by atoms with Crippen LogP contribution in [0.3, 0.4) is 0 Å². The second kappa shape index (κ2) is 4.80. The molecule has 0 heterocycles. The number of hydrogen-bond acceptors (Lipinski definition) is 1. The van der Waals surface area contributed by atoms with Crippen molar-refractivity contribution in [3.8, 4) is 0 Å². The summed E-state index contributed by atoms with van der Waals surface area (Å²) in [6.45, 7) is 1.84. The number of hydrogen-bond donors (Lipinski definition) is 0. The van der Waals surface area contributed by atoms with Crippen molar-refractivity contribution in [3.05, 3.63) is 69.4 Å². The predicted octanol–water partition coefficient (Wildman–Crippen LogP) is 4.13. The smallest absolute Gasteiger partial charge is 0.196 e. The van der Waals surface area contributed by atoms with Gasteiger partial charge < -0.3 is 0 Å². The van der Waals surface area contributed by atoms with Crippen molar-refractivity contribution in [1.29, 1.82) is 0 Å². The third kappa shape index (κ3) is 2.44. The van der Waals surface area contributed by atoms with E-state index >= 15 is 0 Å². The predicted molar refractivity (Wildman–Crippen MR) is 68.7 cm³/mol. The van der Waals surface area contributed by atoms with E-state index in [9.17, 15) is 9.18 Å². The summed E-state index contributed by atoms with van der Waals surface area (Å²) in [5.74, 6) is -0.791. The van der Waals surface area contributed by atoms with E-state index in [4.69, 9.17) is 0 Å². The summed E-state index contributed by atoms with van der Waals surface area (Å²) in [5.41, 5.74) is 1.48. The van der Waals surface area contributed by atoms with Gasteiger partial charge in [-0.25, -0.2) is 4.39 Å². The maximum atomic E-state index is 13.7. The van der Waals surface area contributed by atoms with Crippen LogP contribution in [0.2, 0.25) is 0 Å². The number of benzene rings is 2. The van der Waals surface area contributed by atoms with Gasteiger partial charge in [-0.2, -0.15) is 0 Å². The molecule has 0 radical (unpaired) electrons. The summed E-state index contributed by atoms with van der Waals surface area (Å²) < 4.78 is 14.3. The highest BCUT2D eigenvalue weighted by molar-refractivity contribution is 9.10. The largest absolute Gasteiger partial charge is 0.288 e. The topological polar surface area (TPSA) is 17.1 Å². The molecule has 86 valence electrons. The van der Waals surface area contributed by atoms with Crippen LogP contribution in [0.25, 0.3) is 0 Å². The first-order valence-electron chi connectivity index (χ1n) is 5.15. The second-order valence-corrected chi connectivity index (χ2v) is 4.68. The summed E-state index contributed by atoms with van der Waals surface area (Å²) >= 11 is 3.16. The summed E-state index contributed by atoms with van der Waals surface area (Å²) in [5, 5.41) is 0. The zero-order chi connectivity index (χ0) is 12.4. The molecule has 0 N–H and O–H groups in total. The maximum Gasteiger partial charge on any atom is 0.196 e. The Kier molecular flexibility index (Phi) is 3.38. The lowest BCUT2D eigenvalue weighted by Gasteiger charge is -2.05. The minimum atomic E-state index is -0.507. The van der Waals surface area contributed by atoms with Crippen LogP contribution < -0.4 is 0 Å². The van der Waals surface area contributed by atoms with E-state index in [-0.39, 0.29) is 11.3 Å². The van der Waals surface area contributed by atoms with Gasteiger partial charge in [0.2, 0.25) is 0 Å². The Hall–Kier alpha value is -1.48. The van der Waals surface area contributed by atoms with Crippen LogP contribution in [0, 0.1) is 12.7 Å². The lowest BCUT2D eigenvalue weighted by atomic mass is 9.99. The van der Waals surface area contributed by atoms with Crippen LogP contribution in [0.4, 0.5) is 4.39 Å². The third-order valence-corrected chi connectivity index (χ3v) is 3.06. The SMILES string of the molecule is Cc1ccccc1C(=O)c1ccc(Br)cc1F. The molecule has 0 saturated heterocycles. The van der Waals surface area contributed by atoms with Gasteiger partial charge in [-0.05, 0) is 30.7 Å². The molecule has 2 aromatic rings. The van der Waals surface area contributed by atoms with Crippen LogP contribution in [0.5, 0.6) is 0 Å². The maximum absolute atomic E-state index is 13.7. The van der Waals surface area contributed by atoms with Gasteiger partial charge in [0.05, 0.1) is 5.56 Å². The van der Waals surface area contributed by atoms with Crippen molar-refractivity contribution < 1.29 is 9.18 Å². The highest BCUT2D eigenvalue weighted by atomic mass is 79.9. The van der Waals surface area contributed by atoms with E-state index in [0.29, 0.717) is 10.0 Å². The summed E-state index contributed by atoms with van der Waals surface area (Å²) in [7, 11) is 0. The fourth-order valence-corrected chi connectivity index (χ4v) is 1.98. The molecule has 0 aliphatic carbocycles. The highest BCUT2D eigenvalue weighted by Gasteiger charge is 2.15. The van der Waals surface area contributed by atoms with Crippen LogP contribution >= 0.6 is 15.9 Å². The molecule has 0 amide bonds. The number of carbonyl (C=O) groups is 1. The monoisotopic (exact) mass is 292 g/mol. The molecule has 0 unspecified atom stereocenters. The first-order chi connectivity index (χ1) is 8.09. The van der Waals surface area contributed by atoms with Crippen molar-refractivity contribution in [1.82, 2.24) is 0 Å². The van der Waals surface area contributed by atoms with Crippen molar-refractivity contribution >= 4 is 21.7 Å². The van der Waals surface area contributed by atoms with Gasteiger partial charge in [0.25, 0.3) is 0 Å². The minimum Gasteiger partial charge on any atom is -0.288 e. The summed E-state index contributed by atoms with van der Waals surface area (Å²) in [4.78, 5) is 12.1. The van der Waals surface area contributed by atoms with Crippen LogP contribution in [0.1, 0.15) is 21.5 Å². The van der Waals surface area contributed by atoms with Gasteiger partial charge in [-0.1, -0.05) is 40.2 Å². The Morgan fingerprint density at radius 2 is 1.82 bits per heavy atom. The Morgan fingerprint density at radius 1 is 1.12 bits per heavy atom. The van der Waals surface area contributed by atoms with Crippen LogP contribution in [-0.4, -0.2) is 5.78 Å². The highest BCUT2D eigenvalue weighted by Crippen LogP contribution is 2.19. The van der Waals surface area contributed by atoms with Gasteiger partial charge >= 0.3 is 0 Å². The Balaban J connectivity index is 2.48. The summed E-state index contributed by atoms with van der Waals surface area (Å²) in [6, 6.07) is 11.6. The number of halogens is 2. The Morgan fingerprint density at radius 3 is 2.47 bits per heavy atom. The molecule has 0 atom stereocenters. The first kappa shape index (κ1) is 12.0. The zero-order valence-electron chi connectivity index (χ0n) is 9.21. The molecular formula is C14H10BrFO. The van der Waals surface area contributed by atoms with E-state index in [2.05, 4.69) is 15.9 Å². The van der Waals surface area contributed by atoms with Crippen LogP contribution in [0.15, 0.2) is 46.9 Å². The number of ketones is 1. The second-order valence-electron chi connectivity index (χ2n) is 3.77. The molecule has 0 aliphatic rings. The van der Waals surface area contributed by atoms with Crippen molar-refractivity contribution in [2.45, 2.75) is 6.92 Å². The van der Waals surface area contributed by atoms with E-state index < -0.39 is 5.82 Å². The Bertz CT molecular complexity index is 578. The average molecular weight is 293 g/mol. The van der Waals surface area contributed by atoms with Gasteiger partial charge in [0, 0.05) is 10.0 Å². The fourth-order valence-electron chi connectivity index (χ4n) is 1.65. The molecule has 0 aliphatic heterocycles. The Labute approximate surface area is 107 Å². The molecule has 0 fully saturated rings. The average Bonchev–Trinajstić information content (AvgIpc) is 2.29. The van der Waals surface area contributed by atoms with E-state index in [0.717, 1.165) is 5.56 Å². The van der Waals surface area contributed by atoms with Crippen molar-refractivity contribution in [2.24, 2.45) is 0 Å². The third-order valence-electron chi connectivity index (χ3n) is 2.57. The lowest BCUT2D eigenvalue weighted by Crippen LogP contribution is -2.06. The van der Waals surface area contributed by atoms with E-state index in [1.807, 2.05) is 19.1 Å². The van der Waals surface area contributed by atoms with Gasteiger partial charge in [0.1, 0.15) is 5.82 Å².